The molecule has 2 heterocycles. The smallest absolute Gasteiger partial charge is 0.312 e. The van der Waals surface area contributed by atoms with Crippen LogP contribution in [-0.4, -0.2) is 26.3 Å². The quantitative estimate of drug-likeness (QED) is 0.414. The van der Waals surface area contributed by atoms with Gasteiger partial charge in [-0.15, -0.1) is 0 Å². The third kappa shape index (κ3) is 2.96. The molecule has 1 unspecified atom stereocenters. The highest BCUT2D eigenvalue weighted by molar-refractivity contribution is 6.08. The summed E-state index contributed by atoms with van der Waals surface area (Å²) in [6.45, 7) is 0.506. The van der Waals surface area contributed by atoms with E-state index in [9.17, 15) is 24.8 Å². The predicted octanol–water partition coefficient (Wildman–Crippen LogP) is 3.87. The molecule has 1 aromatic heterocycles. The molecule has 1 aliphatic rings. The van der Waals surface area contributed by atoms with Gasteiger partial charge in [0.2, 0.25) is 5.78 Å². The molecule has 3 aromatic rings. The summed E-state index contributed by atoms with van der Waals surface area (Å²) in [5.41, 5.74) is 3.09. The number of ketones is 1. The Kier molecular flexibility index (Phi) is 4.27. The number of carbonyl (C=O) groups is 2. The van der Waals surface area contributed by atoms with E-state index in [1.165, 1.54) is 12.1 Å². The van der Waals surface area contributed by atoms with Gasteiger partial charge in [-0.3, -0.25) is 19.7 Å². The zero-order valence-electron chi connectivity index (χ0n) is 14.7. The number of hydrogen-bond donors (Lipinski definition) is 1. The van der Waals surface area contributed by atoms with E-state index >= 15 is 0 Å². The van der Waals surface area contributed by atoms with Crippen molar-refractivity contribution in [1.82, 2.24) is 4.57 Å². The highest BCUT2D eigenvalue weighted by Crippen LogP contribution is 2.32. The number of fused-ring (bicyclic) bond motifs is 1. The molecular weight excluding hydrogens is 360 g/mol. The van der Waals surface area contributed by atoms with Crippen LogP contribution in [0.4, 0.5) is 5.69 Å². The van der Waals surface area contributed by atoms with Gasteiger partial charge >= 0.3 is 5.97 Å². The minimum atomic E-state index is -0.878. The minimum absolute atomic E-state index is 0.00869. The summed E-state index contributed by atoms with van der Waals surface area (Å²) < 4.78 is 1.77. The lowest BCUT2D eigenvalue weighted by molar-refractivity contribution is -0.384. The summed E-state index contributed by atoms with van der Waals surface area (Å²) in [5, 5.41) is 20.2. The van der Waals surface area contributed by atoms with Crippen LogP contribution in [0.2, 0.25) is 0 Å². The maximum Gasteiger partial charge on any atom is 0.312 e. The summed E-state index contributed by atoms with van der Waals surface area (Å²) in [6.07, 6.45) is 0.484. The Morgan fingerprint density at radius 2 is 1.79 bits per heavy atom. The fourth-order valence-electron chi connectivity index (χ4n) is 3.65. The highest BCUT2D eigenvalue weighted by atomic mass is 16.6. The summed E-state index contributed by atoms with van der Waals surface area (Å²) in [6, 6.07) is 16.5. The minimum Gasteiger partial charge on any atom is -0.481 e. The van der Waals surface area contributed by atoms with Gasteiger partial charge in [-0.2, -0.15) is 0 Å². The van der Waals surface area contributed by atoms with Crippen molar-refractivity contribution in [2.75, 3.05) is 0 Å². The molecule has 1 N–H and O–H groups in total. The summed E-state index contributed by atoms with van der Waals surface area (Å²) in [7, 11) is 0. The molecule has 0 aliphatic carbocycles. The molecule has 2 aromatic carbocycles. The number of nitro benzene ring substituents is 1. The number of benzene rings is 2. The van der Waals surface area contributed by atoms with Crippen molar-refractivity contribution < 1.29 is 19.6 Å². The molecule has 7 nitrogen and oxygen atoms in total. The van der Waals surface area contributed by atoms with Crippen LogP contribution in [0, 0.1) is 10.1 Å². The summed E-state index contributed by atoms with van der Waals surface area (Å²) in [5.74, 6) is -1.63. The SMILES string of the molecule is O=C(c1ccc(-c2cccc([N+](=O)[O-])c2)cc1)c1ccc2n1CCC2C(=O)O. The van der Waals surface area contributed by atoms with Crippen molar-refractivity contribution in [3.8, 4) is 11.1 Å². The number of nitro groups is 1. The maximum atomic E-state index is 12.9. The maximum absolute atomic E-state index is 12.9. The van der Waals surface area contributed by atoms with Crippen molar-refractivity contribution >= 4 is 17.4 Å². The van der Waals surface area contributed by atoms with E-state index in [1.807, 2.05) is 0 Å². The Balaban J connectivity index is 1.61. The van der Waals surface area contributed by atoms with Gasteiger partial charge in [0.05, 0.1) is 16.5 Å². The van der Waals surface area contributed by atoms with Crippen LogP contribution < -0.4 is 0 Å². The third-order valence-electron chi connectivity index (χ3n) is 5.08. The molecule has 7 heteroatoms. The van der Waals surface area contributed by atoms with Gasteiger partial charge < -0.3 is 9.67 Å². The number of hydrogen-bond acceptors (Lipinski definition) is 4. The Labute approximate surface area is 160 Å². The van der Waals surface area contributed by atoms with E-state index < -0.39 is 16.8 Å². The first-order valence-electron chi connectivity index (χ1n) is 8.77. The lowest BCUT2D eigenvalue weighted by Crippen LogP contribution is -2.10. The largest absolute Gasteiger partial charge is 0.481 e. The second-order valence-corrected chi connectivity index (χ2v) is 6.69. The zero-order valence-corrected chi connectivity index (χ0v) is 14.7. The Morgan fingerprint density at radius 1 is 1.04 bits per heavy atom. The zero-order chi connectivity index (χ0) is 19.8. The van der Waals surface area contributed by atoms with E-state index in [2.05, 4.69) is 0 Å². The topological polar surface area (TPSA) is 102 Å². The Morgan fingerprint density at radius 3 is 2.46 bits per heavy atom. The highest BCUT2D eigenvalue weighted by Gasteiger charge is 2.31. The van der Waals surface area contributed by atoms with E-state index in [4.69, 9.17) is 0 Å². The number of carboxylic acid groups (broad SMARTS) is 1. The standard InChI is InChI=1S/C21H16N2O5/c24-20(19-9-8-18-17(21(25)26)10-11-22(18)19)14-6-4-13(5-7-14)15-2-1-3-16(12-15)23(27)28/h1-9,12,17H,10-11H2,(H,25,26). The van der Waals surface area contributed by atoms with Crippen molar-refractivity contribution in [3.05, 3.63) is 87.7 Å². The number of rotatable bonds is 5. The fourth-order valence-corrected chi connectivity index (χ4v) is 3.65. The van der Waals surface area contributed by atoms with Crippen LogP contribution in [-0.2, 0) is 11.3 Å². The van der Waals surface area contributed by atoms with Crippen molar-refractivity contribution in [1.29, 1.82) is 0 Å². The molecule has 0 radical (unpaired) electrons. The van der Waals surface area contributed by atoms with E-state index in [1.54, 1.807) is 53.1 Å². The third-order valence-corrected chi connectivity index (χ3v) is 5.08. The average molecular weight is 376 g/mol. The second kappa shape index (κ2) is 6.77. The normalized spacial score (nSPS) is 15.2. The average Bonchev–Trinajstić information content (AvgIpc) is 3.29. The van der Waals surface area contributed by atoms with Crippen molar-refractivity contribution in [2.24, 2.45) is 0 Å². The molecule has 1 aliphatic heterocycles. The van der Waals surface area contributed by atoms with E-state index in [0.717, 1.165) is 5.56 Å². The second-order valence-electron chi connectivity index (χ2n) is 6.69. The predicted molar refractivity (Wildman–Crippen MR) is 101 cm³/mol. The fraction of sp³-hybridized carbons (Fsp3) is 0.143. The first-order chi connectivity index (χ1) is 13.5. The monoisotopic (exact) mass is 376 g/mol. The summed E-state index contributed by atoms with van der Waals surface area (Å²) in [4.78, 5) is 34.7. The molecule has 0 spiro atoms. The van der Waals surface area contributed by atoms with Gasteiger partial charge in [0.25, 0.3) is 5.69 Å². The van der Waals surface area contributed by atoms with Crippen molar-refractivity contribution in [3.63, 3.8) is 0 Å². The van der Waals surface area contributed by atoms with Crippen LogP contribution in [0.5, 0.6) is 0 Å². The van der Waals surface area contributed by atoms with Crippen LogP contribution in [0.3, 0.4) is 0 Å². The number of carboxylic acids is 1. The molecule has 1 atom stereocenters. The molecule has 0 saturated carbocycles. The van der Waals surface area contributed by atoms with Crippen LogP contribution in [0.15, 0.2) is 60.7 Å². The molecule has 0 amide bonds. The number of carbonyl (C=O) groups excluding carboxylic acids is 1. The Hall–Kier alpha value is -3.74. The van der Waals surface area contributed by atoms with Gasteiger partial charge in [-0.25, -0.2) is 0 Å². The van der Waals surface area contributed by atoms with Gasteiger partial charge in [0, 0.05) is 29.9 Å². The first kappa shape index (κ1) is 17.7. The van der Waals surface area contributed by atoms with Gasteiger partial charge in [-0.05, 0) is 29.7 Å². The van der Waals surface area contributed by atoms with Crippen LogP contribution in [0.25, 0.3) is 11.1 Å². The van der Waals surface area contributed by atoms with Crippen LogP contribution in [0.1, 0.15) is 34.1 Å². The molecule has 28 heavy (non-hydrogen) atoms. The molecular formula is C21H16N2O5. The lowest BCUT2D eigenvalue weighted by atomic mass is 10.0. The molecule has 140 valence electrons. The summed E-state index contributed by atoms with van der Waals surface area (Å²) >= 11 is 0. The van der Waals surface area contributed by atoms with Gasteiger partial charge in [0.1, 0.15) is 0 Å². The number of nitrogens with zero attached hydrogens (tertiary/aromatic N) is 2. The lowest BCUT2D eigenvalue weighted by Gasteiger charge is -2.07. The van der Waals surface area contributed by atoms with Gasteiger partial charge in [-0.1, -0.05) is 36.4 Å². The number of non-ortho nitro benzene ring substituents is 1. The Bertz CT molecular complexity index is 1100. The molecule has 0 bridgehead atoms. The van der Waals surface area contributed by atoms with E-state index in [0.29, 0.717) is 35.5 Å². The van der Waals surface area contributed by atoms with E-state index in [-0.39, 0.29) is 11.5 Å². The molecule has 0 fully saturated rings. The first-order valence-corrected chi connectivity index (χ1v) is 8.77. The molecule has 4 rings (SSSR count). The number of aromatic nitrogens is 1. The van der Waals surface area contributed by atoms with Gasteiger partial charge in [0.15, 0.2) is 0 Å². The number of aliphatic carboxylic acids is 1. The molecule has 0 saturated heterocycles. The van der Waals surface area contributed by atoms with Crippen molar-refractivity contribution in [2.45, 2.75) is 18.9 Å². The van der Waals surface area contributed by atoms with Crippen LogP contribution >= 0.6 is 0 Å².